The van der Waals surface area contributed by atoms with E-state index in [1.165, 1.54) is 12.1 Å². The molecule has 0 aliphatic carbocycles. The summed E-state index contributed by atoms with van der Waals surface area (Å²) in [5.74, 6) is 0. The largest absolute Gasteiger partial charge is 0.370 e. The van der Waals surface area contributed by atoms with Crippen molar-refractivity contribution in [1.82, 2.24) is 0 Å². The molecule has 0 radical (unpaired) electrons. The molecule has 1 N–H and O–H groups in total. The van der Waals surface area contributed by atoms with Crippen molar-refractivity contribution in [3.8, 4) is 0 Å². The number of nitrogens with zero attached hydrogens (tertiary/aromatic N) is 1. The molecule has 0 atom stereocenters. The highest BCUT2D eigenvalue weighted by atomic mass is 35.5. The quantitative estimate of drug-likeness (QED) is 0.881. The molecule has 6 heteroatoms. The van der Waals surface area contributed by atoms with Crippen molar-refractivity contribution in [2.75, 3.05) is 11.9 Å². The minimum atomic E-state index is -4.17. The van der Waals surface area contributed by atoms with Crippen LogP contribution in [0.3, 0.4) is 0 Å². The number of halogens is 1. The summed E-state index contributed by atoms with van der Waals surface area (Å²) in [4.78, 5) is 1.84. The summed E-state index contributed by atoms with van der Waals surface area (Å²) < 4.78 is 31.3. The molecular weight excluding hydrogens is 298 g/mol. The van der Waals surface area contributed by atoms with Crippen LogP contribution in [-0.4, -0.2) is 20.0 Å². The fraction of sp³-hybridized carbons (Fsp3) is 0.143. The highest BCUT2D eigenvalue weighted by molar-refractivity contribution is 7.85. The van der Waals surface area contributed by atoms with E-state index in [1.807, 2.05) is 30.1 Å². The van der Waals surface area contributed by atoms with Crippen molar-refractivity contribution < 1.29 is 13.0 Å². The van der Waals surface area contributed by atoms with Crippen LogP contribution in [0.15, 0.2) is 53.4 Å². The van der Waals surface area contributed by atoms with Crippen LogP contribution in [0.2, 0.25) is 5.02 Å². The van der Waals surface area contributed by atoms with E-state index in [2.05, 4.69) is 0 Å². The Morgan fingerprint density at radius 3 is 2.50 bits per heavy atom. The van der Waals surface area contributed by atoms with Crippen molar-refractivity contribution >= 4 is 27.4 Å². The summed E-state index contributed by atoms with van der Waals surface area (Å²) in [6.07, 6.45) is 0. The van der Waals surface area contributed by atoms with Gasteiger partial charge in [-0.3, -0.25) is 4.55 Å². The van der Waals surface area contributed by atoms with Crippen molar-refractivity contribution in [2.24, 2.45) is 0 Å². The van der Waals surface area contributed by atoms with Crippen LogP contribution in [0.5, 0.6) is 0 Å². The van der Waals surface area contributed by atoms with Gasteiger partial charge in [0.25, 0.3) is 10.1 Å². The van der Waals surface area contributed by atoms with E-state index in [1.54, 1.807) is 18.2 Å². The molecule has 2 aromatic rings. The van der Waals surface area contributed by atoms with Gasteiger partial charge in [-0.15, -0.1) is 0 Å². The molecule has 0 saturated carbocycles. The van der Waals surface area contributed by atoms with Gasteiger partial charge in [0, 0.05) is 24.3 Å². The van der Waals surface area contributed by atoms with Gasteiger partial charge in [-0.2, -0.15) is 8.42 Å². The van der Waals surface area contributed by atoms with Crippen LogP contribution in [0.1, 0.15) is 5.56 Å². The average Bonchev–Trinajstić information content (AvgIpc) is 2.38. The molecule has 4 nitrogen and oxygen atoms in total. The van der Waals surface area contributed by atoms with Crippen molar-refractivity contribution in [3.05, 3.63) is 59.1 Å². The zero-order chi connectivity index (χ0) is 14.8. The molecule has 0 spiro atoms. The second-order valence-corrected chi connectivity index (χ2v) is 6.32. The Morgan fingerprint density at radius 1 is 1.15 bits per heavy atom. The predicted octanol–water partition coefficient (Wildman–Crippen LogP) is 3.22. The Morgan fingerprint density at radius 2 is 1.85 bits per heavy atom. The maximum atomic E-state index is 11.1. The summed E-state index contributed by atoms with van der Waals surface area (Å²) in [6, 6.07) is 13.6. The third-order valence-electron chi connectivity index (χ3n) is 2.87. The Balaban J connectivity index is 2.22. The van der Waals surface area contributed by atoms with Crippen molar-refractivity contribution in [1.29, 1.82) is 0 Å². The lowest BCUT2D eigenvalue weighted by Gasteiger charge is -2.19. The third-order valence-corrected chi connectivity index (χ3v) is 3.95. The molecule has 0 fully saturated rings. The molecular formula is C14H14ClNO3S. The first-order valence-electron chi connectivity index (χ1n) is 5.89. The smallest absolute Gasteiger partial charge is 0.294 e. The standard InChI is InChI=1S/C14H14ClNO3S/c1-16(13-6-3-5-12(15)9-13)10-11-4-2-7-14(8-11)20(17,18)19/h2-9H,10H2,1H3,(H,17,18,19). The first-order valence-corrected chi connectivity index (χ1v) is 7.71. The van der Waals surface area contributed by atoms with Crippen LogP contribution < -0.4 is 4.90 Å². The van der Waals surface area contributed by atoms with Gasteiger partial charge in [-0.1, -0.05) is 29.8 Å². The van der Waals surface area contributed by atoms with E-state index >= 15 is 0 Å². The summed E-state index contributed by atoms with van der Waals surface area (Å²) in [5.41, 5.74) is 1.71. The lowest BCUT2D eigenvalue weighted by molar-refractivity contribution is 0.483. The number of hydrogen-bond donors (Lipinski definition) is 1. The lowest BCUT2D eigenvalue weighted by Crippen LogP contribution is -2.16. The van der Waals surface area contributed by atoms with Gasteiger partial charge in [-0.25, -0.2) is 0 Å². The van der Waals surface area contributed by atoms with Crippen molar-refractivity contribution in [2.45, 2.75) is 11.4 Å². The minimum absolute atomic E-state index is 0.102. The second kappa shape index (κ2) is 5.83. The molecule has 0 bridgehead atoms. The first kappa shape index (κ1) is 14.8. The second-order valence-electron chi connectivity index (χ2n) is 4.46. The third kappa shape index (κ3) is 3.72. The lowest BCUT2D eigenvalue weighted by atomic mass is 10.2. The van der Waals surface area contributed by atoms with Crippen LogP contribution in [0.4, 0.5) is 5.69 Å². The Hall–Kier alpha value is -1.56. The first-order chi connectivity index (χ1) is 9.36. The Bertz CT molecular complexity index is 716. The molecule has 0 amide bonds. The van der Waals surface area contributed by atoms with E-state index < -0.39 is 10.1 Å². The van der Waals surface area contributed by atoms with E-state index in [0.29, 0.717) is 11.6 Å². The zero-order valence-corrected chi connectivity index (χ0v) is 12.4. The molecule has 20 heavy (non-hydrogen) atoms. The van der Waals surface area contributed by atoms with E-state index in [4.69, 9.17) is 16.2 Å². The molecule has 106 valence electrons. The highest BCUT2D eigenvalue weighted by Gasteiger charge is 2.10. The van der Waals surface area contributed by atoms with Gasteiger partial charge in [0.05, 0.1) is 4.90 Å². The summed E-state index contributed by atoms with van der Waals surface area (Å²) >= 11 is 5.94. The van der Waals surface area contributed by atoms with Gasteiger partial charge in [0.1, 0.15) is 0 Å². The van der Waals surface area contributed by atoms with E-state index in [9.17, 15) is 8.42 Å². The minimum Gasteiger partial charge on any atom is -0.370 e. The van der Waals surface area contributed by atoms with Gasteiger partial charge < -0.3 is 4.90 Å². The normalized spacial score (nSPS) is 11.3. The summed E-state index contributed by atoms with van der Waals surface area (Å²) in [6.45, 7) is 0.504. The van der Waals surface area contributed by atoms with Crippen LogP contribution >= 0.6 is 11.6 Å². The molecule has 0 aromatic heterocycles. The molecule has 2 aromatic carbocycles. The topological polar surface area (TPSA) is 57.6 Å². The number of hydrogen-bond acceptors (Lipinski definition) is 3. The molecule has 0 aliphatic heterocycles. The van der Waals surface area contributed by atoms with Gasteiger partial charge in [0.15, 0.2) is 0 Å². The molecule has 0 aliphatic rings. The SMILES string of the molecule is CN(Cc1cccc(S(=O)(=O)O)c1)c1cccc(Cl)c1. The number of anilines is 1. The molecule has 0 unspecified atom stereocenters. The molecule has 0 saturated heterocycles. The Labute approximate surface area is 123 Å². The summed E-state index contributed by atoms with van der Waals surface area (Å²) in [7, 11) is -2.29. The maximum Gasteiger partial charge on any atom is 0.294 e. The van der Waals surface area contributed by atoms with Gasteiger partial charge >= 0.3 is 0 Å². The van der Waals surface area contributed by atoms with E-state index in [0.717, 1.165) is 11.3 Å². The van der Waals surface area contributed by atoms with Gasteiger partial charge in [-0.05, 0) is 35.9 Å². The number of rotatable bonds is 4. The van der Waals surface area contributed by atoms with Crippen LogP contribution in [0.25, 0.3) is 0 Å². The fourth-order valence-electron chi connectivity index (χ4n) is 1.88. The van der Waals surface area contributed by atoms with Crippen molar-refractivity contribution in [3.63, 3.8) is 0 Å². The average molecular weight is 312 g/mol. The van der Waals surface area contributed by atoms with Crippen LogP contribution in [0, 0.1) is 0 Å². The fourth-order valence-corrected chi connectivity index (χ4v) is 2.62. The zero-order valence-electron chi connectivity index (χ0n) is 10.8. The summed E-state index contributed by atoms with van der Waals surface area (Å²) in [5, 5.41) is 0.640. The molecule has 0 heterocycles. The Kier molecular flexibility index (Phi) is 4.32. The maximum absolute atomic E-state index is 11.1. The van der Waals surface area contributed by atoms with Crippen LogP contribution in [-0.2, 0) is 16.7 Å². The monoisotopic (exact) mass is 311 g/mol. The van der Waals surface area contributed by atoms with E-state index in [-0.39, 0.29) is 4.90 Å². The highest BCUT2D eigenvalue weighted by Crippen LogP contribution is 2.20. The predicted molar refractivity (Wildman–Crippen MR) is 79.8 cm³/mol. The molecule has 2 rings (SSSR count). The number of benzene rings is 2. The van der Waals surface area contributed by atoms with Gasteiger partial charge in [0.2, 0.25) is 0 Å².